The van der Waals surface area contributed by atoms with Crippen molar-refractivity contribution in [3.63, 3.8) is 0 Å². The highest BCUT2D eigenvalue weighted by Gasteiger charge is 2.18. The number of phenols is 1. The Hall–Kier alpha value is -3.59. The zero-order chi connectivity index (χ0) is 26.7. The predicted octanol–water partition coefficient (Wildman–Crippen LogP) is 9.07. The summed E-state index contributed by atoms with van der Waals surface area (Å²) in [5, 5.41) is 9.68. The van der Waals surface area contributed by atoms with E-state index in [1.165, 1.54) is 47.2 Å². The molecular weight excluding hydrogens is 464 g/mol. The molecule has 3 atom stereocenters. The summed E-state index contributed by atoms with van der Waals surface area (Å²) < 4.78 is 0. The lowest BCUT2D eigenvalue weighted by Gasteiger charge is -2.24. The third-order valence-corrected chi connectivity index (χ3v) is 8.01. The molecule has 0 aliphatic carbocycles. The topological polar surface area (TPSA) is 36.4 Å². The van der Waals surface area contributed by atoms with Gasteiger partial charge in [0.05, 0.1) is 0 Å². The van der Waals surface area contributed by atoms with E-state index < -0.39 is 0 Å². The van der Waals surface area contributed by atoms with Crippen molar-refractivity contribution in [1.82, 2.24) is 4.98 Å². The lowest BCUT2D eigenvalue weighted by atomic mass is 9.82. The smallest absolute Gasteiger partial charge is 0.115 e. The van der Waals surface area contributed by atoms with Gasteiger partial charge in [0, 0.05) is 31.7 Å². The third kappa shape index (κ3) is 7.71. The fourth-order valence-electron chi connectivity index (χ4n) is 5.49. The second-order valence-corrected chi connectivity index (χ2v) is 10.7. The first-order valence-corrected chi connectivity index (χ1v) is 14.1. The number of aromatic nitrogens is 1. The molecule has 3 heteroatoms. The number of pyridine rings is 1. The summed E-state index contributed by atoms with van der Waals surface area (Å²) in [4.78, 5) is 6.40. The Kier molecular flexibility index (Phi) is 9.97. The van der Waals surface area contributed by atoms with Gasteiger partial charge in [-0.25, -0.2) is 0 Å². The minimum atomic E-state index is 0.333. The number of benzene rings is 3. The van der Waals surface area contributed by atoms with Gasteiger partial charge >= 0.3 is 0 Å². The largest absolute Gasteiger partial charge is 0.508 e. The highest BCUT2D eigenvalue weighted by Crippen LogP contribution is 2.35. The van der Waals surface area contributed by atoms with Crippen molar-refractivity contribution in [3.05, 3.63) is 126 Å². The van der Waals surface area contributed by atoms with Crippen LogP contribution in [-0.2, 0) is 6.54 Å². The minimum Gasteiger partial charge on any atom is -0.508 e. The van der Waals surface area contributed by atoms with Crippen LogP contribution in [0.5, 0.6) is 5.75 Å². The van der Waals surface area contributed by atoms with Crippen molar-refractivity contribution < 1.29 is 5.11 Å². The predicted molar refractivity (Wildman–Crippen MR) is 160 cm³/mol. The van der Waals surface area contributed by atoms with E-state index in [2.05, 4.69) is 110 Å². The van der Waals surface area contributed by atoms with Crippen LogP contribution in [0.25, 0.3) is 0 Å². The van der Waals surface area contributed by atoms with E-state index in [1.807, 2.05) is 12.4 Å². The molecule has 3 unspecified atom stereocenters. The van der Waals surface area contributed by atoms with Crippen molar-refractivity contribution in [2.75, 3.05) is 11.9 Å². The van der Waals surface area contributed by atoms with Crippen molar-refractivity contribution in [1.29, 1.82) is 0 Å². The monoisotopic (exact) mass is 506 g/mol. The van der Waals surface area contributed by atoms with E-state index in [9.17, 15) is 5.11 Å². The van der Waals surface area contributed by atoms with Crippen molar-refractivity contribution in [2.45, 2.75) is 70.3 Å². The van der Waals surface area contributed by atoms with Gasteiger partial charge in [-0.05, 0) is 96.4 Å². The number of nitrogens with zero attached hydrogens (tertiary/aromatic N) is 2. The van der Waals surface area contributed by atoms with Gasteiger partial charge in [0.1, 0.15) is 5.75 Å². The van der Waals surface area contributed by atoms with E-state index in [0.29, 0.717) is 23.5 Å². The molecule has 198 valence electrons. The molecule has 0 saturated carbocycles. The van der Waals surface area contributed by atoms with E-state index in [-0.39, 0.29) is 0 Å². The van der Waals surface area contributed by atoms with Crippen LogP contribution in [-0.4, -0.2) is 17.1 Å². The summed E-state index contributed by atoms with van der Waals surface area (Å²) in [7, 11) is 2.13. The molecule has 0 radical (unpaired) electrons. The fourth-order valence-corrected chi connectivity index (χ4v) is 5.49. The van der Waals surface area contributed by atoms with Crippen molar-refractivity contribution >= 4 is 5.69 Å². The Labute approximate surface area is 229 Å². The zero-order valence-electron chi connectivity index (χ0n) is 23.1. The Bertz CT molecular complexity index is 1210. The Morgan fingerprint density at radius 2 is 1.26 bits per heavy atom. The van der Waals surface area contributed by atoms with Crippen LogP contribution >= 0.6 is 0 Å². The number of aromatic hydroxyl groups is 1. The van der Waals surface area contributed by atoms with Gasteiger partial charge in [0.25, 0.3) is 0 Å². The van der Waals surface area contributed by atoms with Crippen molar-refractivity contribution in [2.24, 2.45) is 0 Å². The van der Waals surface area contributed by atoms with Crippen LogP contribution in [0.3, 0.4) is 0 Å². The molecule has 0 aliphatic rings. The third-order valence-electron chi connectivity index (χ3n) is 8.01. The van der Waals surface area contributed by atoms with Crippen LogP contribution < -0.4 is 4.90 Å². The summed E-state index contributed by atoms with van der Waals surface area (Å²) >= 11 is 0. The summed E-state index contributed by atoms with van der Waals surface area (Å²) in [5.41, 5.74) is 6.70. The number of anilines is 1. The maximum atomic E-state index is 9.68. The van der Waals surface area contributed by atoms with E-state index in [0.717, 1.165) is 19.4 Å². The first-order valence-electron chi connectivity index (χ1n) is 14.1. The van der Waals surface area contributed by atoms with Crippen LogP contribution in [0.15, 0.2) is 103 Å². The van der Waals surface area contributed by atoms with Crippen molar-refractivity contribution in [3.8, 4) is 5.75 Å². The summed E-state index contributed by atoms with van der Waals surface area (Å²) in [6.45, 7) is 5.49. The molecule has 0 aliphatic heterocycles. The lowest BCUT2D eigenvalue weighted by molar-refractivity contribution is 0.468. The van der Waals surface area contributed by atoms with E-state index in [4.69, 9.17) is 0 Å². The molecule has 3 nitrogen and oxygen atoms in total. The normalized spacial score (nSPS) is 13.6. The molecule has 0 saturated heterocycles. The summed E-state index contributed by atoms with van der Waals surface area (Å²) in [5.74, 6) is 1.92. The van der Waals surface area contributed by atoms with Crippen LogP contribution in [0.2, 0.25) is 0 Å². The molecule has 0 amide bonds. The quantitative estimate of drug-likeness (QED) is 0.196. The fraction of sp³-hybridized carbons (Fsp3) is 0.343. The Morgan fingerprint density at radius 3 is 1.92 bits per heavy atom. The first-order chi connectivity index (χ1) is 18.5. The maximum absolute atomic E-state index is 9.68. The summed E-state index contributed by atoms with van der Waals surface area (Å²) in [6.07, 6.45) is 9.53. The molecule has 3 aromatic carbocycles. The molecular formula is C35H42N2O. The molecule has 38 heavy (non-hydrogen) atoms. The number of hydrogen-bond donors (Lipinski definition) is 1. The SMILES string of the molecule is CCC(CCC(CCC(C)c1ccc(O)cc1)c1ccc(CN(C)c2ccncc2)cc1)c1ccccc1. The molecule has 0 spiro atoms. The van der Waals surface area contributed by atoms with E-state index >= 15 is 0 Å². The van der Waals surface area contributed by atoms with Gasteiger partial charge in [-0.2, -0.15) is 0 Å². The molecule has 1 N–H and O–H groups in total. The molecule has 4 rings (SSSR count). The summed E-state index contributed by atoms with van der Waals surface area (Å²) in [6, 6.07) is 32.1. The number of phenolic OH excluding ortho intramolecular Hbond substituents is 1. The van der Waals surface area contributed by atoms with Gasteiger partial charge in [0.15, 0.2) is 0 Å². The maximum Gasteiger partial charge on any atom is 0.115 e. The van der Waals surface area contributed by atoms with Gasteiger partial charge in [0.2, 0.25) is 0 Å². The zero-order valence-corrected chi connectivity index (χ0v) is 23.1. The lowest BCUT2D eigenvalue weighted by Crippen LogP contribution is -2.16. The van der Waals surface area contributed by atoms with Gasteiger partial charge < -0.3 is 10.0 Å². The Morgan fingerprint density at radius 1 is 0.684 bits per heavy atom. The number of rotatable bonds is 13. The molecule has 1 heterocycles. The van der Waals surface area contributed by atoms with Gasteiger partial charge in [-0.15, -0.1) is 0 Å². The van der Waals surface area contributed by atoms with Crippen LogP contribution in [0, 0.1) is 0 Å². The minimum absolute atomic E-state index is 0.333. The second kappa shape index (κ2) is 13.8. The average molecular weight is 507 g/mol. The van der Waals surface area contributed by atoms with Crippen LogP contribution in [0.4, 0.5) is 5.69 Å². The first kappa shape index (κ1) is 27.4. The van der Waals surface area contributed by atoms with Crippen LogP contribution in [0.1, 0.15) is 86.0 Å². The Balaban J connectivity index is 1.46. The van der Waals surface area contributed by atoms with Gasteiger partial charge in [-0.1, -0.05) is 80.6 Å². The average Bonchev–Trinajstić information content (AvgIpc) is 2.96. The standard InChI is InChI=1S/C35H42N2O/c1-4-29(31-8-6-5-7-9-31)16-17-32(13-10-27(2)30-18-20-35(38)21-19-30)33-14-11-28(12-15-33)26-37(3)34-22-24-36-25-23-34/h5-9,11-12,14-15,18-25,27,29,32,38H,4,10,13,16-17,26H2,1-3H3. The molecule has 0 fully saturated rings. The molecule has 1 aromatic heterocycles. The highest BCUT2D eigenvalue weighted by atomic mass is 16.3. The number of hydrogen-bond acceptors (Lipinski definition) is 3. The second-order valence-electron chi connectivity index (χ2n) is 10.7. The molecule has 4 aromatic rings. The van der Waals surface area contributed by atoms with E-state index in [1.54, 1.807) is 12.1 Å². The highest BCUT2D eigenvalue weighted by molar-refractivity contribution is 5.44. The molecule has 0 bridgehead atoms. The van der Waals surface area contributed by atoms with Gasteiger partial charge in [-0.3, -0.25) is 4.98 Å².